The summed E-state index contributed by atoms with van der Waals surface area (Å²) in [7, 11) is -3.49. The normalized spacial score (nSPS) is 12.8. The largest absolute Gasteiger partial charge is 0.497 e. The highest BCUT2D eigenvalue weighted by atomic mass is 28.4. The van der Waals surface area contributed by atoms with E-state index in [4.69, 9.17) is 41.7 Å². The van der Waals surface area contributed by atoms with Crippen molar-refractivity contribution in [2.45, 2.75) is 142 Å². The number of benzene rings is 6. The van der Waals surface area contributed by atoms with E-state index >= 15 is 0 Å². The van der Waals surface area contributed by atoms with E-state index in [0.29, 0.717) is 66.8 Å². The molecule has 0 fully saturated rings. The third kappa shape index (κ3) is 23.8. The number of Topliss-reactive ketones (excluding diaryl/α,β-unsaturated/α-hetero) is 6. The van der Waals surface area contributed by atoms with Gasteiger partial charge in [0.2, 0.25) is 0 Å². The number of aliphatic hydroxyl groups is 6. The van der Waals surface area contributed by atoms with Crippen LogP contribution >= 0.6 is 0 Å². The van der Waals surface area contributed by atoms with Crippen LogP contribution in [0.1, 0.15) is 197 Å². The van der Waals surface area contributed by atoms with Crippen LogP contribution in [0.4, 0.5) is 0 Å². The minimum absolute atomic E-state index is 0.0469. The van der Waals surface area contributed by atoms with E-state index in [1.807, 2.05) is 0 Å². The van der Waals surface area contributed by atoms with Gasteiger partial charge in [0.15, 0.2) is 34.7 Å². The zero-order valence-corrected chi connectivity index (χ0v) is 59.4. The summed E-state index contributed by atoms with van der Waals surface area (Å²) >= 11 is 0. The van der Waals surface area contributed by atoms with Gasteiger partial charge in [-0.2, -0.15) is 0 Å². The summed E-state index contributed by atoms with van der Waals surface area (Å²) < 4.78 is 56.1. The maximum atomic E-state index is 12.9. The van der Waals surface area contributed by atoms with Crippen molar-refractivity contribution >= 4 is 43.5 Å². The monoisotopic (exact) mass is 1370 g/mol. The fraction of sp³-hybridized carbons (Fsp3) is 0.447. The van der Waals surface area contributed by atoms with Gasteiger partial charge in [0.25, 0.3) is 0 Å². The second kappa shape index (κ2) is 34.8. The highest BCUT2D eigenvalue weighted by Crippen LogP contribution is 2.32. The molecule has 0 saturated carbocycles. The van der Waals surface area contributed by atoms with Gasteiger partial charge in [0, 0.05) is 39.9 Å². The first-order valence-corrected chi connectivity index (χ1v) is 34.7. The Balaban J connectivity index is 1.10. The Hall–Kier alpha value is -7.04. The Morgan fingerprint density at radius 3 is 0.551 bits per heavy atom. The number of ketones is 6. The molecule has 98 heavy (non-hydrogen) atoms. The standard InChI is InChI=1S/C76H96O21Si/c1-71(2,83)65(77)56-26-14-50(15-27-56)62(51-16-28-57(29-17-51)66(78)72(3,4)84)92-44-38-89-41-47-95-98(13,96-48-42-90-39-45-93-63(52-18-30-58(31-19-52)67(79)73(5,6)85)53-20-32-59(33-21-53)68(80)74(7,8)86)97-49-43-91-40-46-94-64(54-22-34-60(35-23-54)69(81)75(9,10)87)55-24-36-61(37-25-55)70(82)76(11,12)88/h14-37,62-64,83-88H,38-49H2,1-13H3. The topological polar surface area (TPSA) is 307 Å². The molecular formula is C76H96O21Si. The molecule has 22 heteroatoms. The Kier molecular flexibility index (Phi) is 28.4. The van der Waals surface area contributed by atoms with E-state index in [1.54, 1.807) is 152 Å². The number of rotatable bonds is 42. The molecule has 0 atom stereocenters. The lowest BCUT2D eigenvalue weighted by atomic mass is 9.92. The van der Waals surface area contributed by atoms with E-state index in [9.17, 15) is 59.4 Å². The van der Waals surface area contributed by atoms with Crippen LogP contribution in [0.2, 0.25) is 6.55 Å². The van der Waals surface area contributed by atoms with Gasteiger partial charge in [0.1, 0.15) is 51.9 Å². The molecule has 0 bridgehead atoms. The predicted molar refractivity (Wildman–Crippen MR) is 368 cm³/mol. The first kappa shape index (κ1) is 79.9. The molecule has 0 aliphatic carbocycles. The van der Waals surface area contributed by atoms with Gasteiger partial charge < -0.3 is 72.3 Å². The lowest BCUT2D eigenvalue weighted by Crippen LogP contribution is -2.45. The summed E-state index contributed by atoms with van der Waals surface area (Å²) in [4.78, 5) is 77.2. The van der Waals surface area contributed by atoms with Gasteiger partial charge in [0.05, 0.1) is 79.3 Å². The summed E-state index contributed by atoms with van der Waals surface area (Å²) in [6.07, 6.45) is -2.01. The molecule has 0 spiro atoms. The van der Waals surface area contributed by atoms with E-state index in [2.05, 4.69) is 0 Å². The Morgan fingerprint density at radius 1 is 0.265 bits per heavy atom. The molecule has 6 rings (SSSR count). The van der Waals surface area contributed by atoms with E-state index < -0.39 is 95.4 Å². The van der Waals surface area contributed by atoms with Gasteiger partial charge >= 0.3 is 8.80 Å². The highest BCUT2D eigenvalue weighted by Gasteiger charge is 2.36. The van der Waals surface area contributed by atoms with Crippen molar-refractivity contribution in [3.05, 3.63) is 212 Å². The average molecular weight is 1370 g/mol. The van der Waals surface area contributed by atoms with Crippen molar-refractivity contribution in [3.8, 4) is 0 Å². The second-order valence-electron chi connectivity index (χ2n) is 27.1. The van der Waals surface area contributed by atoms with Gasteiger partial charge in [-0.3, -0.25) is 28.8 Å². The minimum Gasteiger partial charge on any atom is -0.382 e. The smallest absolute Gasteiger partial charge is 0.382 e. The molecule has 0 heterocycles. The van der Waals surface area contributed by atoms with Crippen molar-refractivity contribution in [3.63, 3.8) is 0 Å². The number of carbonyl (C=O) groups is 6. The fourth-order valence-electron chi connectivity index (χ4n) is 10.1. The Labute approximate surface area is 575 Å². The maximum Gasteiger partial charge on any atom is 0.497 e. The molecule has 530 valence electrons. The molecule has 6 N–H and O–H groups in total. The third-order valence-electron chi connectivity index (χ3n) is 15.5. The van der Waals surface area contributed by atoms with Crippen molar-refractivity contribution in [1.82, 2.24) is 0 Å². The molecule has 0 amide bonds. The summed E-state index contributed by atoms with van der Waals surface area (Å²) in [5.74, 6) is -2.71. The molecule has 6 aromatic carbocycles. The van der Waals surface area contributed by atoms with Crippen LogP contribution in [0.5, 0.6) is 0 Å². The van der Waals surface area contributed by atoms with Crippen molar-refractivity contribution < 1.29 is 101 Å². The molecule has 6 aromatic rings. The number of carbonyl (C=O) groups excluding carboxylic acids is 6. The number of hydrogen-bond acceptors (Lipinski definition) is 21. The molecule has 0 aliphatic heterocycles. The van der Waals surface area contributed by atoms with Crippen LogP contribution in [0.15, 0.2) is 146 Å². The van der Waals surface area contributed by atoms with E-state index in [-0.39, 0.29) is 79.3 Å². The van der Waals surface area contributed by atoms with Crippen LogP contribution in [-0.4, -0.2) is 187 Å². The maximum absolute atomic E-state index is 12.9. The summed E-state index contributed by atoms with van der Waals surface area (Å²) in [5, 5.41) is 62.2. The minimum atomic E-state index is -3.49. The Morgan fingerprint density at radius 2 is 0.408 bits per heavy atom. The van der Waals surface area contributed by atoms with Gasteiger partial charge in [-0.25, -0.2) is 0 Å². The Bertz CT molecular complexity index is 2980. The molecular weight excluding hydrogens is 1280 g/mol. The van der Waals surface area contributed by atoms with Gasteiger partial charge in [-0.1, -0.05) is 146 Å². The molecule has 0 aliphatic rings. The zero-order chi connectivity index (χ0) is 72.4. The molecule has 0 radical (unpaired) electrons. The quantitative estimate of drug-likeness (QED) is 0.0118. The SMILES string of the molecule is CC(C)(O)C(=O)c1ccc(C(OCCOCCO[Si](C)(OCCOCCOC(c2ccc(C(=O)C(C)(C)O)cc2)c2ccc(C(=O)C(C)(C)O)cc2)OCCOCCOC(c2ccc(C(=O)C(C)(C)O)cc2)c2ccc(C(=O)C(C)(C)O)cc2)c2ccc(C(=O)C(C)(C)O)cc2)cc1. The average Bonchev–Trinajstić information content (AvgIpc) is 0.826. The van der Waals surface area contributed by atoms with Crippen LogP contribution in [0, 0.1) is 0 Å². The van der Waals surface area contributed by atoms with E-state index in [1.165, 1.54) is 83.1 Å². The van der Waals surface area contributed by atoms with Crippen LogP contribution in [-0.2, 0) is 41.7 Å². The van der Waals surface area contributed by atoms with E-state index in [0.717, 1.165) is 0 Å². The van der Waals surface area contributed by atoms with Crippen molar-refractivity contribution in [1.29, 1.82) is 0 Å². The molecule has 0 saturated heterocycles. The van der Waals surface area contributed by atoms with Crippen molar-refractivity contribution in [2.75, 3.05) is 79.3 Å². The zero-order valence-electron chi connectivity index (χ0n) is 58.4. The summed E-state index contributed by atoms with van der Waals surface area (Å²) in [5.41, 5.74) is -3.51. The van der Waals surface area contributed by atoms with Crippen LogP contribution in [0.25, 0.3) is 0 Å². The third-order valence-corrected chi connectivity index (χ3v) is 17.7. The molecule has 0 aromatic heterocycles. The first-order chi connectivity index (χ1) is 45.8. The van der Waals surface area contributed by atoms with Gasteiger partial charge in [-0.05, 0) is 116 Å². The lowest BCUT2D eigenvalue weighted by molar-refractivity contribution is -0.0221. The predicted octanol–water partition coefficient (Wildman–Crippen LogP) is 9.79. The van der Waals surface area contributed by atoms with Crippen molar-refractivity contribution in [2.24, 2.45) is 0 Å². The summed E-state index contributed by atoms with van der Waals surface area (Å²) in [6, 6.07) is 40.1. The molecule has 21 nitrogen and oxygen atoms in total. The van der Waals surface area contributed by atoms with Crippen LogP contribution < -0.4 is 0 Å². The fourth-order valence-corrected chi connectivity index (χ4v) is 11.7. The summed E-state index contributed by atoms with van der Waals surface area (Å²) in [6.45, 7) is 19.9. The first-order valence-electron chi connectivity index (χ1n) is 32.5. The number of ether oxygens (including phenoxy) is 6. The second-order valence-corrected chi connectivity index (χ2v) is 29.6. The number of hydrogen-bond donors (Lipinski definition) is 6. The van der Waals surface area contributed by atoms with Gasteiger partial charge in [-0.15, -0.1) is 0 Å². The van der Waals surface area contributed by atoms with Crippen LogP contribution in [0.3, 0.4) is 0 Å². The molecule has 0 unspecified atom stereocenters. The highest BCUT2D eigenvalue weighted by molar-refractivity contribution is 6.59. The lowest BCUT2D eigenvalue weighted by Gasteiger charge is -2.26.